The van der Waals surface area contributed by atoms with Crippen LogP contribution in [0.3, 0.4) is 0 Å². The molecule has 28 heavy (non-hydrogen) atoms. The van der Waals surface area contributed by atoms with Gasteiger partial charge in [-0.25, -0.2) is 13.1 Å². The molecular weight excluding hydrogens is 372 g/mol. The molecule has 0 aliphatic heterocycles. The number of ether oxygens (including phenoxy) is 1. The van der Waals surface area contributed by atoms with Gasteiger partial charge in [-0.05, 0) is 82.6 Å². The molecule has 3 unspecified atom stereocenters. The molecule has 2 N–H and O–H groups in total. The summed E-state index contributed by atoms with van der Waals surface area (Å²) in [6.45, 7) is 11.1. The number of rotatable bonds is 10. The maximum atomic E-state index is 12.0. The minimum absolute atomic E-state index is 0.338. The first kappa shape index (κ1) is 23.0. The Kier molecular flexibility index (Phi) is 8.19. The summed E-state index contributed by atoms with van der Waals surface area (Å²) in [5, 5.41) is 3.42. The fourth-order valence-electron chi connectivity index (χ4n) is 3.39. The van der Waals surface area contributed by atoms with Gasteiger partial charge in [0.15, 0.2) is 0 Å². The highest BCUT2D eigenvalue weighted by molar-refractivity contribution is 7.90. The first-order valence-corrected chi connectivity index (χ1v) is 12.1. The van der Waals surface area contributed by atoms with Crippen LogP contribution in [0.2, 0.25) is 0 Å². The molecular formula is C22H38N2O3S. The van der Waals surface area contributed by atoms with Crippen molar-refractivity contribution in [3.05, 3.63) is 24.3 Å². The maximum absolute atomic E-state index is 12.0. The zero-order valence-corrected chi connectivity index (χ0v) is 18.9. The molecule has 0 bridgehead atoms. The van der Waals surface area contributed by atoms with Crippen molar-refractivity contribution in [2.75, 3.05) is 18.4 Å². The average molecular weight is 411 g/mol. The number of hydrogen-bond donors (Lipinski definition) is 2. The van der Waals surface area contributed by atoms with Gasteiger partial charge in [0.05, 0.1) is 4.75 Å². The van der Waals surface area contributed by atoms with Gasteiger partial charge >= 0.3 is 0 Å². The van der Waals surface area contributed by atoms with Crippen LogP contribution in [0.5, 0.6) is 5.75 Å². The van der Waals surface area contributed by atoms with E-state index in [4.69, 9.17) is 4.74 Å². The summed E-state index contributed by atoms with van der Waals surface area (Å²) in [4.78, 5) is 0. The standard InChI is InChI=1S/C22H38N2O3S/c1-17-9-14-21(18(17)2)27-20-12-10-19(11-13-20)23-15-7-6-8-16-24-28(25,26)22(3,4)5/h10-13,17-18,21,23-24H,6-9,14-16H2,1-5H3. The van der Waals surface area contributed by atoms with E-state index in [1.165, 1.54) is 6.42 Å². The molecule has 6 heteroatoms. The summed E-state index contributed by atoms with van der Waals surface area (Å²) in [7, 11) is -3.23. The molecule has 1 aliphatic rings. The second-order valence-corrected chi connectivity index (χ2v) is 11.6. The molecule has 0 saturated heterocycles. The lowest BCUT2D eigenvalue weighted by molar-refractivity contribution is 0.155. The lowest BCUT2D eigenvalue weighted by Gasteiger charge is -2.20. The van der Waals surface area contributed by atoms with E-state index in [9.17, 15) is 8.42 Å². The monoisotopic (exact) mass is 410 g/mol. The van der Waals surface area contributed by atoms with Gasteiger partial charge in [0.2, 0.25) is 10.0 Å². The van der Waals surface area contributed by atoms with E-state index >= 15 is 0 Å². The van der Waals surface area contributed by atoms with E-state index in [0.29, 0.717) is 18.6 Å². The van der Waals surface area contributed by atoms with Gasteiger partial charge in [-0.1, -0.05) is 20.3 Å². The quantitative estimate of drug-likeness (QED) is 0.544. The van der Waals surface area contributed by atoms with Crippen LogP contribution < -0.4 is 14.8 Å². The zero-order valence-electron chi connectivity index (χ0n) is 18.1. The lowest BCUT2D eigenvalue weighted by atomic mass is 9.99. The van der Waals surface area contributed by atoms with Crippen molar-refractivity contribution >= 4 is 15.7 Å². The SMILES string of the molecule is CC1CCC(Oc2ccc(NCCCCCNS(=O)(=O)C(C)(C)C)cc2)C1C. The summed E-state index contributed by atoms with van der Waals surface area (Å²) < 4.78 is 32.0. The van der Waals surface area contributed by atoms with Crippen LogP contribution in [-0.2, 0) is 10.0 Å². The molecule has 0 spiro atoms. The first-order valence-electron chi connectivity index (χ1n) is 10.6. The van der Waals surface area contributed by atoms with Gasteiger partial charge in [0.1, 0.15) is 11.9 Å². The van der Waals surface area contributed by atoms with E-state index in [1.807, 2.05) is 12.1 Å². The van der Waals surface area contributed by atoms with Crippen LogP contribution >= 0.6 is 0 Å². The third kappa shape index (κ3) is 6.66. The Morgan fingerprint density at radius 3 is 2.21 bits per heavy atom. The van der Waals surface area contributed by atoms with Crippen molar-refractivity contribution < 1.29 is 13.2 Å². The molecule has 3 atom stereocenters. The van der Waals surface area contributed by atoms with E-state index in [2.05, 4.69) is 36.0 Å². The highest BCUT2D eigenvalue weighted by Crippen LogP contribution is 2.34. The van der Waals surface area contributed by atoms with E-state index in [1.54, 1.807) is 20.8 Å². The second-order valence-electron chi connectivity index (χ2n) is 9.09. The van der Waals surface area contributed by atoms with Crippen LogP contribution in [0.4, 0.5) is 5.69 Å². The summed E-state index contributed by atoms with van der Waals surface area (Å²) in [6, 6.07) is 8.21. The fourth-order valence-corrected chi connectivity index (χ4v) is 4.24. The number of unbranched alkanes of at least 4 members (excludes halogenated alkanes) is 2. The van der Waals surface area contributed by atoms with Crippen LogP contribution in [0.1, 0.15) is 66.7 Å². The highest BCUT2D eigenvalue weighted by atomic mass is 32.2. The third-order valence-corrected chi connectivity index (χ3v) is 8.01. The van der Waals surface area contributed by atoms with Gasteiger partial charge < -0.3 is 10.1 Å². The lowest BCUT2D eigenvalue weighted by Crippen LogP contribution is -2.39. The molecule has 0 amide bonds. The predicted octanol–water partition coefficient (Wildman–Crippen LogP) is 4.80. The molecule has 1 fully saturated rings. The Balaban J connectivity index is 1.61. The highest BCUT2D eigenvalue weighted by Gasteiger charge is 2.31. The summed E-state index contributed by atoms with van der Waals surface area (Å²) in [5.74, 6) is 2.31. The predicted molar refractivity (Wildman–Crippen MR) is 117 cm³/mol. The molecule has 160 valence electrons. The first-order chi connectivity index (χ1) is 13.1. The van der Waals surface area contributed by atoms with Crippen LogP contribution in [0.15, 0.2) is 24.3 Å². The van der Waals surface area contributed by atoms with Crippen LogP contribution in [0, 0.1) is 11.8 Å². The van der Waals surface area contributed by atoms with Crippen LogP contribution in [-0.4, -0.2) is 32.4 Å². The van der Waals surface area contributed by atoms with Crippen molar-refractivity contribution in [3.63, 3.8) is 0 Å². The van der Waals surface area contributed by atoms with Crippen molar-refractivity contribution in [2.24, 2.45) is 11.8 Å². The summed E-state index contributed by atoms with van der Waals surface area (Å²) in [6.07, 6.45) is 5.58. The second kappa shape index (κ2) is 9.97. The van der Waals surface area contributed by atoms with E-state index < -0.39 is 14.8 Å². The average Bonchev–Trinajstić information content (AvgIpc) is 2.93. The number of nitrogens with one attached hydrogen (secondary N) is 2. The van der Waals surface area contributed by atoms with E-state index in [0.717, 1.165) is 49.6 Å². The molecule has 2 rings (SSSR count). The largest absolute Gasteiger partial charge is 0.490 e. The van der Waals surface area contributed by atoms with E-state index in [-0.39, 0.29) is 0 Å². The van der Waals surface area contributed by atoms with Crippen molar-refractivity contribution in [1.82, 2.24) is 4.72 Å². The number of benzene rings is 1. The smallest absolute Gasteiger partial charge is 0.216 e. The number of hydrogen-bond acceptors (Lipinski definition) is 4. The van der Waals surface area contributed by atoms with Crippen molar-refractivity contribution in [3.8, 4) is 5.75 Å². The Morgan fingerprint density at radius 2 is 1.64 bits per heavy atom. The summed E-state index contributed by atoms with van der Waals surface area (Å²) >= 11 is 0. The Hall–Kier alpha value is -1.27. The molecule has 5 nitrogen and oxygen atoms in total. The summed E-state index contributed by atoms with van der Waals surface area (Å²) in [5.41, 5.74) is 1.09. The zero-order chi connectivity index (χ0) is 20.8. The maximum Gasteiger partial charge on any atom is 0.216 e. The molecule has 1 aliphatic carbocycles. The molecule has 1 aromatic rings. The van der Waals surface area contributed by atoms with Crippen LogP contribution in [0.25, 0.3) is 0 Å². The molecule has 0 radical (unpaired) electrons. The van der Waals surface area contributed by atoms with Crippen molar-refractivity contribution in [1.29, 1.82) is 0 Å². The van der Waals surface area contributed by atoms with Gasteiger partial charge in [0.25, 0.3) is 0 Å². The Bertz CT molecular complexity index is 695. The third-order valence-electron chi connectivity index (χ3n) is 5.81. The fraction of sp³-hybridized carbons (Fsp3) is 0.727. The topological polar surface area (TPSA) is 67.4 Å². The molecule has 0 heterocycles. The van der Waals surface area contributed by atoms with Gasteiger partial charge in [-0.15, -0.1) is 0 Å². The minimum atomic E-state index is -3.23. The van der Waals surface area contributed by atoms with Crippen molar-refractivity contribution in [2.45, 2.75) is 77.6 Å². The minimum Gasteiger partial charge on any atom is -0.490 e. The normalized spacial score (nSPS) is 23.0. The van der Waals surface area contributed by atoms with Gasteiger partial charge in [-0.3, -0.25) is 0 Å². The number of sulfonamides is 1. The Morgan fingerprint density at radius 1 is 1.00 bits per heavy atom. The molecule has 1 saturated carbocycles. The molecule has 1 aromatic carbocycles. The van der Waals surface area contributed by atoms with Gasteiger partial charge in [-0.2, -0.15) is 0 Å². The van der Waals surface area contributed by atoms with Gasteiger partial charge in [0, 0.05) is 18.8 Å². The Labute approximate surface area is 171 Å². The number of anilines is 1. The molecule has 0 aromatic heterocycles.